The van der Waals surface area contributed by atoms with Crippen molar-refractivity contribution in [3.63, 3.8) is 0 Å². The Bertz CT molecular complexity index is 262. The van der Waals surface area contributed by atoms with E-state index in [0.717, 1.165) is 38.8 Å². The van der Waals surface area contributed by atoms with Crippen molar-refractivity contribution in [3.05, 3.63) is 0 Å². The molecule has 1 N–H and O–H groups in total. The Hall–Kier alpha value is -0.570. The Kier molecular flexibility index (Phi) is 5.04. The molecule has 0 aromatic heterocycles. The second-order valence-electron chi connectivity index (χ2n) is 6.01. The SMILES string of the molecule is O=C(O)C1(N2CCCCCC2)CCCCCCC1. The van der Waals surface area contributed by atoms with E-state index in [0.29, 0.717) is 0 Å². The minimum Gasteiger partial charge on any atom is -0.480 e. The zero-order chi connectivity index (χ0) is 12.8. The Labute approximate surface area is 111 Å². The van der Waals surface area contributed by atoms with Crippen LogP contribution in [0.4, 0.5) is 0 Å². The van der Waals surface area contributed by atoms with Crippen LogP contribution in [0.3, 0.4) is 0 Å². The molecule has 0 spiro atoms. The van der Waals surface area contributed by atoms with E-state index in [1.807, 2.05) is 0 Å². The van der Waals surface area contributed by atoms with E-state index < -0.39 is 11.5 Å². The van der Waals surface area contributed by atoms with Gasteiger partial charge in [-0.1, -0.05) is 44.9 Å². The van der Waals surface area contributed by atoms with Crippen molar-refractivity contribution in [1.29, 1.82) is 0 Å². The fourth-order valence-electron chi connectivity index (χ4n) is 3.65. The van der Waals surface area contributed by atoms with Gasteiger partial charge in [0, 0.05) is 0 Å². The first-order valence-corrected chi connectivity index (χ1v) is 7.74. The molecule has 0 unspecified atom stereocenters. The molecule has 3 heteroatoms. The average Bonchev–Trinajstić information content (AvgIpc) is 2.57. The summed E-state index contributed by atoms with van der Waals surface area (Å²) in [5.74, 6) is -0.564. The van der Waals surface area contributed by atoms with Crippen LogP contribution in [0.5, 0.6) is 0 Å². The van der Waals surface area contributed by atoms with E-state index in [-0.39, 0.29) is 0 Å². The first-order valence-electron chi connectivity index (χ1n) is 7.74. The van der Waals surface area contributed by atoms with E-state index in [2.05, 4.69) is 4.90 Å². The van der Waals surface area contributed by atoms with Gasteiger partial charge in [0.2, 0.25) is 0 Å². The molecule has 2 aliphatic rings. The van der Waals surface area contributed by atoms with Gasteiger partial charge in [-0.3, -0.25) is 9.69 Å². The molecule has 0 bridgehead atoms. The summed E-state index contributed by atoms with van der Waals surface area (Å²) < 4.78 is 0. The highest BCUT2D eigenvalue weighted by Crippen LogP contribution is 2.33. The fourth-order valence-corrected chi connectivity index (χ4v) is 3.65. The molecule has 3 nitrogen and oxygen atoms in total. The van der Waals surface area contributed by atoms with Gasteiger partial charge in [0.05, 0.1) is 0 Å². The van der Waals surface area contributed by atoms with Crippen LogP contribution >= 0.6 is 0 Å². The smallest absolute Gasteiger partial charge is 0.324 e. The number of carboxylic acid groups (broad SMARTS) is 1. The molecule has 1 saturated carbocycles. The van der Waals surface area contributed by atoms with Gasteiger partial charge in [0.25, 0.3) is 0 Å². The molecular weight excluding hydrogens is 226 g/mol. The Morgan fingerprint density at radius 1 is 0.778 bits per heavy atom. The summed E-state index contributed by atoms with van der Waals surface area (Å²) in [5, 5.41) is 9.81. The third kappa shape index (κ3) is 3.05. The van der Waals surface area contributed by atoms with E-state index in [9.17, 15) is 9.90 Å². The average molecular weight is 253 g/mol. The van der Waals surface area contributed by atoms with Gasteiger partial charge >= 0.3 is 5.97 Å². The lowest BCUT2D eigenvalue weighted by atomic mass is 9.82. The van der Waals surface area contributed by atoms with Crippen LogP contribution in [-0.2, 0) is 4.79 Å². The number of likely N-dealkylation sites (tertiary alicyclic amines) is 1. The van der Waals surface area contributed by atoms with Crippen molar-refractivity contribution in [3.8, 4) is 0 Å². The first kappa shape index (κ1) is 13.9. The van der Waals surface area contributed by atoms with Gasteiger partial charge in [-0.05, 0) is 38.8 Å². The van der Waals surface area contributed by atoms with E-state index >= 15 is 0 Å². The molecule has 18 heavy (non-hydrogen) atoms. The van der Waals surface area contributed by atoms with Crippen LogP contribution in [0.1, 0.15) is 70.6 Å². The summed E-state index contributed by atoms with van der Waals surface area (Å²) in [6.07, 6.45) is 12.5. The molecule has 0 amide bonds. The predicted molar refractivity (Wildman–Crippen MR) is 72.7 cm³/mol. The number of hydrogen-bond acceptors (Lipinski definition) is 2. The number of nitrogens with zero attached hydrogens (tertiary/aromatic N) is 1. The summed E-state index contributed by atoms with van der Waals surface area (Å²) in [4.78, 5) is 14.2. The van der Waals surface area contributed by atoms with Crippen LogP contribution in [0, 0.1) is 0 Å². The van der Waals surface area contributed by atoms with Crippen molar-refractivity contribution >= 4 is 5.97 Å². The van der Waals surface area contributed by atoms with Crippen molar-refractivity contribution < 1.29 is 9.90 Å². The van der Waals surface area contributed by atoms with Crippen LogP contribution in [0.15, 0.2) is 0 Å². The quantitative estimate of drug-likeness (QED) is 0.819. The number of carbonyl (C=O) groups is 1. The molecule has 0 aromatic rings. The highest BCUT2D eigenvalue weighted by atomic mass is 16.4. The van der Waals surface area contributed by atoms with Gasteiger partial charge in [0.1, 0.15) is 5.54 Å². The number of hydrogen-bond donors (Lipinski definition) is 1. The Morgan fingerprint density at radius 3 is 1.72 bits per heavy atom. The lowest BCUT2D eigenvalue weighted by molar-refractivity contribution is -0.153. The van der Waals surface area contributed by atoms with E-state index in [1.54, 1.807) is 0 Å². The highest BCUT2D eigenvalue weighted by molar-refractivity contribution is 5.78. The molecular formula is C15H27NO2. The summed E-state index contributed by atoms with van der Waals surface area (Å²) in [6.45, 7) is 1.98. The molecule has 1 aliphatic heterocycles. The third-order valence-corrected chi connectivity index (χ3v) is 4.79. The molecule has 0 radical (unpaired) electrons. The third-order valence-electron chi connectivity index (χ3n) is 4.79. The second kappa shape index (κ2) is 6.55. The first-order chi connectivity index (χ1) is 8.76. The highest BCUT2D eigenvalue weighted by Gasteiger charge is 2.43. The van der Waals surface area contributed by atoms with E-state index in [1.165, 1.54) is 44.9 Å². The van der Waals surface area contributed by atoms with Crippen molar-refractivity contribution in [2.24, 2.45) is 0 Å². The predicted octanol–water partition coefficient (Wildman–Crippen LogP) is 3.43. The molecule has 2 fully saturated rings. The van der Waals surface area contributed by atoms with Gasteiger partial charge in [0.15, 0.2) is 0 Å². The largest absolute Gasteiger partial charge is 0.480 e. The minimum atomic E-state index is -0.564. The molecule has 1 saturated heterocycles. The van der Waals surface area contributed by atoms with E-state index in [4.69, 9.17) is 0 Å². The summed E-state index contributed by atoms with van der Waals surface area (Å²) >= 11 is 0. The van der Waals surface area contributed by atoms with Crippen molar-refractivity contribution in [2.45, 2.75) is 76.2 Å². The minimum absolute atomic E-state index is 0.537. The maximum atomic E-state index is 11.9. The van der Waals surface area contributed by atoms with Gasteiger partial charge in [-0.25, -0.2) is 0 Å². The molecule has 2 rings (SSSR count). The maximum absolute atomic E-state index is 11.9. The van der Waals surface area contributed by atoms with Gasteiger partial charge < -0.3 is 5.11 Å². The fraction of sp³-hybridized carbons (Fsp3) is 0.933. The molecule has 1 heterocycles. The Balaban J connectivity index is 2.14. The van der Waals surface area contributed by atoms with Gasteiger partial charge in [-0.2, -0.15) is 0 Å². The lowest BCUT2D eigenvalue weighted by Crippen LogP contribution is -2.55. The monoisotopic (exact) mass is 253 g/mol. The Morgan fingerprint density at radius 2 is 1.22 bits per heavy atom. The molecule has 0 aromatic carbocycles. The topological polar surface area (TPSA) is 40.5 Å². The number of rotatable bonds is 2. The number of carboxylic acids is 1. The molecule has 104 valence electrons. The lowest BCUT2D eigenvalue weighted by Gasteiger charge is -2.41. The normalized spacial score (nSPS) is 26.9. The summed E-state index contributed by atoms with van der Waals surface area (Å²) in [6, 6.07) is 0. The maximum Gasteiger partial charge on any atom is 0.324 e. The zero-order valence-electron chi connectivity index (χ0n) is 11.5. The molecule has 1 aliphatic carbocycles. The van der Waals surface area contributed by atoms with Gasteiger partial charge in [-0.15, -0.1) is 0 Å². The molecule has 0 atom stereocenters. The van der Waals surface area contributed by atoms with Crippen molar-refractivity contribution in [2.75, 3.05) is 13.1 Å². The standard InChI is InChI=1S/C15H27NO2/c17-14(18)15(10-6-2-1-3-7-11-15)16-12-8-4-5-9-13-16/h1-13H2,(H,17,18). The van der Waals surface area contributed by atoms with Crippen LogP contribution in [0.2, 0.25) is 0 Å². The number of aliphatic carboxylic acids is 1. The summed E-state index contributed by atoms with van der Waals surface area (Å²) in [5.41, 5.74) is -0.537. The van der Waals surface area contributed by atoms with Crippen LogP contribution in [-0.4, -0.2) is 34.6 Å². The van der Waals surface area contributed by atoms with Crippen LogP contribution in [0.25, 0.3) is 0 Å². The second-order valence-corrected chi connectivity index (χ2v) is 6.01. The van der Waals surface area contributed by atoms with Crippen molar-refractivity contribution in [1.82, 2.24) is 4.90 Å². The zero-order valence-corrected chi connectivity index (χ0v) is 11.5. The van der Waals surface area contributed by atoms with Crippen LogP contribution < -0.4 is 0 Å². The summed E-state index contributed by atoms with van der Waals surface area (Å²) in [7, 11) is 0.